The summed E-state index contributed by atoms with van der Waals surface area (Å²) >= 11 is 0. The van der Waals surface area contributed by atoms with Crippen LogP contribution in [-0.4, -0.2) is 25.6 Å². The molecule has 0 amide bonds. The number of rotatable bonds is 2. The van der Waals surface area contributed by atoms with Gasteiger partial charge in [0.05, 0.1) is 16.5 Å². The maximum Gasteiger partial charge on any atom is 0.335 e. The molecule has 22 heavy (non-hydrogen) atoms. The van der Waals surface area contributed by atoms with E-state index >= 15 is 0 Å². The van der Waals surface area contributed by atoms with Crippen LogP contribution in [0.15, 0.2) is 46.1 Å². The zero-order valence-electron chi connectivity index (χ0n) is 11.5. The van der Waals surface area contributed by atoms with Crippen molar-refractivity contribution in [3.63, 3.8) is 0 Å². The molecule has 0 aliphatic carbocycles. The molecule has 0 bridgehead atoms. The summed E-state index contributed by atoms with van der Waals surface area (Å²) in [5, 5.41) is 9.18. The molecule has 0 unspecified atom stereocenters. The number of nitrogens with zero attached hydrogens (tertiary/aromatic N) is 2. The highest BCUT2D eigenvalue weighted by molar-refractivity contribution is 5.92. The minimum absolute atomic E-state index is 0.00526. The SMILES string of the molecule is Cc1cccnc1-n1c(=O)[nH]c2cc(C(=O)O)ccc2c1=O. The van der Waals surface area contributed by atoms with Crippen LogP contribution in [0.4, 0.5) is 0 Å². The lowest BCUT2D eigenvalue weighted by Gasteiger charge is -2.08. The zero-order chi connectivity index (χ0) is 15.9. The number of H-pyrrole nitrogens is 1. The van der Waals surface area contributed by atoms with Gasteiger partial charge in [0.1, 0.15) is 5.82 Å². The molecule has 2 N–H and O–H groups in total. The summed E-state index contributed by atoms with van der Waals surface area (Å²) in [4.78, 5) is 42.3. The summed E-state index contributed by atoms with van der Waals surface area (Å²) in [5.41, 5.74) is -0.356. The van der Waals surface area contributed by atoms with Crippen molar-refractivity contribution >= 4 is 16.9 Å². The Hall–Kier alpha value is -3.22. The molecule has 0 spiro atoms. The number of fused-ring (bicyclic) bond motifs is 1. The van der Waals surface area contributed by atoms with E-state index in [1.807, 2.05) is 0 Å². The Balaban J connectivity index is 2.38. The van der Waals surface area contributed by atoms with Gasteiger partial charge in [0.15, 0.2) is 0 Å². The van der Waals surface area contributed by atoms with Gasteiger partial charge in [-0.2, -0.15) is 0 Å². The molecule has 3 rings (SSSR count). The van der Waals surface area contributed by atoms with E-state index in [1.54, 1.807) is 19.1 Å². The van der Waals surface area contributed by atoms with Crippen LogP contribution in [0.3, 0.4) is 0 Å². The number of pyridine rings is 1. The predicted molar refractivity (Wildman–Crippen MR) is 79.7 cm³/mol. The van der Waals surface area contributed by atoms with Crippen molar-refractivity contribution in [3.8, 4) is 5.82 Å². The number of carboxylic acid groups (broad SMARTS) is 1. The second kappa shape index (κ2) is 4.96. The van der Waals surface area contributed by atoms with Gasteiger partial charge in [-0.15, -0.1) is 0 Å². The van der Waals surface area contributed by atoms with Gasteiger partial charge in [0.25, 0.3) is 5.56 Å². The van der Waals surface area contributed by atoms with E-state index in [0.29, 0.717) is 5.56 Å². The topological polar surface area (TPSA) is 105 Å². The Kier molecular flexibility index (Phi) is 3.10. The molecule has 0 aliphatic rings. The van der Waals surface area contributed by atoms with E-state index in [9.17, 15) is 14.4 Å². The van der Waals surface area contributed by atoms with Crippen molar-refractivity contribution in [1.29, 1.82) is 0 Å². The summed E-state index contributed by atoms with van der Waals surface area (Å²) in [5.74, 6) is -0.884. The fraction of sp³-hybridized carbons (Fsp3) is 0.0667. The molecule has 0 saturated carbocycles. The largest absolute Gasteiger partial charge is 0.478 e. The molecule has 110 valence electrons. The molecule has 2 heterocycles. The average molecular weight is 297 g/mol. The third kappa shape index (κ3) is 2.08. The monoisotopic (exact) mass is 297 g/mol. The number of aromatic carboxylic acids is 1. The van der Waals surface area contributed by atoms with Gasteiger partial charge >= 0.3 is 11.7 Å². The van der Waals surface area contributed by atoms with Gasteiger partial charge in [0, 0.05) is 6.20 Å². The molecular formula is C15H11N3O4. The number of carboxylic acids is 1. The highest BCUT2D eigenvalue weighted by Gasteiger charge is 2.13. The summed E-state index contributed by atoms with van der Waals surface area (Å²) in [6.07, 6.45) is 1.49. The van der Waals surface area contributed by atoms with Crippen LogP contribution >= 0.6 is 0 Å². The highest BCUT2D eigenvalue weighted by Crippen LogP contribution is 2.11. The maximum absolute atomic E-state index is 12.5. The van der Waals surface area contributed by atoms with Crippen molar-refractivity contribution in [2.75, 3.05) is 0 Å². The number of carbonyl (C=O) groups is 1. The predicted octanol–water partition coefficient (Wildman–Crippen LogP) is 1.08. The molecule has 2 aromatic heterocycles. The smallest absolute Gasteiger partial charge is 0.335 e. The molecule has 3 aromatic rings. The Bertz CT molecular complexity index is 1020. The van der Waals surface area contributed by atoms with Crippen LogP contribution in [0.1, 0.15) is 15.9 Å². The molecule has 0 fully saturated rings. The van der Waals surface area contributed by atoms with E-state index in [1.165, 1.54) is 24.4 Å². The van der Waals surface area contributed by atoms with E-state index in [4.69, 9.17) is 5.11 Å². The first-order chi connectivity index (χ1) is 10.5. The fourth-order valence-corrected chi connectivity index (χ4v) is 2.25. The van der Waals surface area contributed by atoms with Crippen LogP contribution in [0.25, 0.3) is 16.7 Å². The first-order valence-electron chi connectivity index (χ1n) is 6.43. The Morgan fingerprint density at radius 2 is 2.05 bits per heavy atom. The number of hydrogen-bond donors (Lipinski definition) is 2. The molecule has 7 heteroatoms. The third-order valence-electron chi connectivity index (χ3n) is 3.34. The van der Waals surface area contributed by atoms with Crippen LogP contribution in [0.5, 0.6) is 0 Å². The van der Waals surface area contributed by atoms with E-state index in [0.717, 1.165) is 4.57 Å². The van der Waals surface area contributed by atoms with Gasteiger partial charge < -0.3 is 10.1 Å². The van der Waals surface area contributed by atoms with Crippen molar-refractivity contribution in [3.05, 3.63) is 68.5 Å². The molecule has 0 atom stereocenters. The first-order valence-corrected chi connectivity index (χ1v) is 6.43. The van der Waals surface area contributed by atoms with Gasteiger partial charge in [-0.25, -0.2) is 19.1 Å². The molecule has 0 aliphatic heterocycles. The first kappa shape index (κ1) is 13.7. The summed E-state index contributed by atoms with van der Waals surface area (Å²) in [6, 6.07) is 7.41. The lowest BCUT2D eigenvalue weighted by molar-refractivity contribution is 0.0697. The Labute approximate surface area is 123 Å². The van der Waals surface area contributed by atoms with Crippen LogP contribution < -0.4 is 11.2 Å². The van der Waals surface area contributed by atoms with E-state index < -0.39 is 17.2 Å². The maximum atomic E-state index is 12.5. The molecular weight excluding hydrogens is 286 g/mol. The fourth-order valence-electron chi connectivity index (χ4n) is 2.25. The van der Waals surface area contributed by atoms with Crippen molar-refractivity contribution < 1.29 is 9.90 Å². The number of nitrogens with one attached hydrogen (secondary N) is 1. The Morgan fingerprint density at radius 1 is 1.27 bits per heavy atom. The van der Waals surface area contributed by atoms with Crippen LogP contribution in [-0.2, 0) is 0 Å². The van der Waals surface area contributed by atoms with Gasteiger partial charge in [0.2, 0.25) is 0 Å². The highest BCUT2D eigenvalue weighted by atomic mass is 16.4. The Morgan fingerprint density at radius 3 is 2.73 bits per heavy atom. The summed E-state index contributed by atoms with van der Waals surface area (Å²) < 4.78 is 0.943. The minimum Gasteiger partial charge on any atom is -0.478 e. The van der Waals surface area contributed by atoms with Crippen molar-refractivity contribution in [2.45, 2.75) is 6.92 Å². The van der Waals surface area contributed by atoms with E-state index in [-0.39, 0.29) is 22.3 Å². The number of hydrogen-bond acceptors (Lipinski definition) is 4. The molecule has 0 radical (unpaired) electrons. The van der Waals surface area contributed by atoms with E-state index in [2.05, 4.69) is 9.97 Å². The van der Waals surface area contributed by atoms with Crippen molar-refractivity contribution in [2.24, 2.45) is 0 Å². The molecule has 7 nitrogen and oxygen atoms in total. The lowest BCUT2D eigenvalue weighted by atomic mass is 10.1. The number of aromatic nitrogens is 3. The quantitative estimate of drug-likeness (QED) is 0.736. The molecule has 1 aromatic carbocycles. The number of aromatic amines is 1. The second-order valence-electron chi connectivity index (χ2n) is 4.78. The minimum atomic E-state index is -1.13. The third-order valence-corrected chi connectivity index (χ3v) is 3.34. The van der Waals surface area contributed by atoms with Crippen molar-refractivity contribution in [1.82, 2.24) is 14.5 Å². The lowest BCUT2D eigenvalue weighted by Crippen LogP contribution is -2.34. The number of aryl methyl sites for hydroxylation is 1. The zero-order valence-corrected chi connectivity index (χ0v) is 11.5. The normalized spacial score (nSPS) is 10.8. The standard InChI is InChI=1S/C15H11N3O4/c1-8-3-2-6-16-12(8)18-13(19)10-5-4-9(14(20)21)7-11(10)17-15(18)22/h2-7H,1H3,(H,17,22)(H,20,21). The van der Waals surface area contributed by atoms with Gasteiger partial charge in [-0.05, 0) is 36.8 Å². The second-order valence-corrected chi connectivity index (χ2v) is 4.78. The molecule has 0 saturated heterocycles. The summed E-state index contributed by atoms with van der Waals surface area (Å²) in [6.45, 7) is 1.74. The average Bonchev–Trinajstić information content (AvgIpc) is 2.48. The summed E-state index contributed by atoms with van der Waals surface area (Å²) in [7, 11) is 0. The van der Waals surface area contributed by atoms with Crippen LogP contribution in [0, 0.1) is 6.92 Å². The van der Waals surface area contributed by atoms with Crippen LogP contribution in [0.2, 0.25) is 0 Å². The van der Waals surface area contributed by atoms with Gasteiger partial charge in [-0.3, -0.25) is 4.79 Å². The van der Waals surface area contributed by atoms with Gasteiger partial charge in [-0.1, -0.05) is 6.07 Å². The number of benzene rings is 1.